The molecule has 0 aliphatic rings. The lowest BCUT2D eigenvalue weighted by Crippen LogP contribution is -2.23. The van der Waals surface area contributed by atoms with Gasteiger partial charge in [0, 0.05) is 5.02 Å². The van der Waals surface area contributed by atoms with Gasteiger partial charge in [-0.05, 0) is 49.4 Å². The van der Waals surface area contributed by atoms with Crippen molar-refractivity contribution in [2.45, 2.75) is 23.3 Å². The van der Waals surface area contributed by atoms with Crippen molar-refractivity contribution in [2.75, 3.05) is 6.61 Å². The zero-order valence-electron chi connectivity index (χ0n) is 15.5. The number of nitrogens with two attached hydrogens (primary N) is 1. The van der Waals surface area contributed by atoms with Crippen LogP contribution in [0.1, 0.15) is 6.92 Å². The normalized spacial score (nSPS) is 13.0. The van der Waals surface area contributed by atoms with E-state index in [2.05, 4.69) is 4.40 Å². The molecule has 0 bridgehead atoms. The van der Waals surface area contributed by atoms with Gasteiger partial charge in [0.25, 0.3) is 10.0 Å². The van der Waals surface area contributed by atoms with E-state index < -0.39 is 26.0 Å². The van der Waals surface area contributed by atoms with Gasteiger partial charge in [-0.1, -0.05) is 22.9 Å². The number of benzene rings is 2. The van der Waals surface area contributed by atoms with Crippen LogP contribution in [0, 0.1) is 0 Å². The Hall–Kier alpha value is -2.25. The van der Waals surface area contributed by atoms with Crippen molar-refractivity contribution in [3.05, 3.63) is 52.3 Å². The Morgan fingerprint density at radius 2 is 1.77 bits per heavy atom. The van der Waals surface area contributed by atoms with Crippen LogP contribution in [0.4, 0.5) is 0 Å². The Labute approximate surface area is 181 Å². The second kappa shape index (κ2) is 8.47. The van der Waals surface area contributed by atoms with Crippen molar-refractivity contribution in [1.29, 1.82) is 0 Å². The predicted molar refractivity (Wildman–Crippen MR) is 112 cm³/mol. The molecule has 0 aliphatic carbocycles. The van der Waals surface area contributed by atoms with E-state index in [-0.39, 0.29) is 27.7 Å². The summed E-state index contributed by atoms with van der Waals surface area (Å²) in [4.78, 5) is 11.8. The van der Waals surface area contributed by atoms with Crippen molar-refractivity contribution >= 4 is 59.2 Å². The molecule has 1 aromatic heterocycles. The summed E-state index contributed by atoms with van der Waals surface area (Å²) in [6.07, 6.45) is 0. The number of hydrogen-bond donors (Lipinski definition) is 1. The van der Waals surface area contributed by atoms with E-state index in [0.717, 1.165) is 11.3 Å². The average Bonchev–Trinajstić information content (AvgIpc) is 2.97. The minimum Gasteiger partial charge on any atom is -0.465 e. The predicted octanol–water partition coefficient (Wildman–Crippen LogP) is 1.86. The van der Waals surface area contributed by atoms with Crippen LogP contribution in [0.25, 0.3) is 10.2 Å². The largest absolute Gasteiger partial charge is 0.465 e. The lowest BCUT2D eigenvalue weighted by molar-refractivity contribution is -0.143. The Morgan fingerprint density at radius 3 is 2.37 bits per heavy atom. The molecule has 2 N–H and O–H groups in total. The second-order valence-electron chi connectivity index (χ2n) is 5.97. The summed E-state index contributed by atoms with van der Waals surface area (Å²) < 4.78 is 59.3. The van der Waals surface area contributed by atoms with E-state index in [9.17, 15) is 21.6 Å². The molecular formula is C17H16ClN3O6S3. The average molecular weight is 490 g/mol. The molecule has 0 amide bonds. The summed E-state index contributed by atoms with van der Waals surface area (Å²) in [6, 6.07) is 9.44. The van der Waals surface area contributed by atoms with E-state index in [0.29, 0.717) is 15.2 Å². The topological polar surface area (TPSA) is 138 Å². The highest BCUT2D eigenvalue weighted by Gasteiger charge is 2.18. The smallest absolute Gasteiger partial charge is 0.326 e. The maximum absolute atomic E-state index is 12.7. The molecule has 9 nitrogen and oxygen atoms in total. The number of esters is 1. The first-order valence-electron chi connectivity index (χ1n) is 8.39. The molecule has 0 aliphatic heterocycles. The number of rotatable bonds is 6. The number of halogens is 1. The Balaban J connectivity index is 2.24. The molecule has 0 spiro atoms. The number of primary sulfonamides is 1. The third-order valence-electron chi connectivity index (χ3n) is 3.89. The van der Waals surface area contributed by atoms with Crippen LogP contribution in [0.2, 0.25) is 5.02 Å². The van der Waals surface area contributed by atoms with Gasteiger partial charge in [-0.2, -0.15) is 8.42 Å². The summed E-state index contributed by atoms with van der Waals surface area (Å²) in [6.45, 7) is 1.48. The van der Waals surface area contributed by atoms with Gasteiger partial charge in [-0.15, -0.1) is 4.40 Å². The second-order valence-corrected chi connectivity index (χ2v) is 10.6. The summed E-state index contributed by atoms with van der Waals surface area (Å²) in [7, 11) is -8.09. The van der Waals surface area contributed by atoms with Gasteiger partial charge in [-0.3, -0.25) is 4.79 Å². The Morgan fingerprint density at radius 1 is 1.13 bits per heavy atom. The monoisotopic (exact) mass is 489 g/mol. The first-order chi connectivity index (χ1) is 14.0. The summed E-state index contributed by atoms with van der Waals surface area (Å²) in [5.74, 6) is -0.599. The number of sulfonamides is 2. The first kappa shape index (κ1) is 22.4. The molecular weight excluding hydrogens is 474 g/mol. The van der Waals surface area contributed by atoms with Crippen LogP contribution < -0.4 is 9.94 Å². The van der Waals surface area contributed by atoms with E-state index in [4.69, 9.17) is 21.5 Å². The molecule has 30 heavy (non-hydrogen) atoms. The first-order valence-corrected chi connectivity index (χ1v) is 12.6. The van der Waals surface area contributed by atoms with Gasteiger partial charge in [0.05, 0.1) is 26.6 Å². The van der Waals surface area contributed by atoms with Crippen LogP contribution in [-0.2, 0) is 36.1 Å². The lowest BCUT2D eigenvalue weighted by Gasteiger charge is -2.06. The standard InChI is InChI=1S/C17H16ClN3O6S3/c1-2-27-16(22)10-21-14-8-7-13(29(19,23)24)9-15(14)28-17(21)20-30(25,26)12-5-3-11(18)4-6-12/h3-9H,2,10H2,1H3,(H2,19,23,24)/b20-17-. The minimum absolute atomic E-state index is 0.0282. The van der Waals surface area contributed by atoms with Gasteiger partial charge in [0.2, 0.25) is 14.8 Å². The number of nitrogens with zero attached hydrogens (tertiary/aromatic N) is 2. The fourth-order valence-electron chi connectivity index (χ4n) is 2.55. The Kier molecular flexibility index (Phi) is 6.34. The number of ether oxygens (including phenoxy) is 1. The van der Waals surface area contributed by atoms with Crippen LogP contribution in [0.3, 0.4) is 0 Å². The molecule has 0 fully saturated rings. The highest BCUT2D eigenvalue weighted by molar-refractivity contribution is 7.90. The van der Waals surface area contributed by atoms with E-state index >= 15 is 0 Å². The van der Waals surface area contributed by atoms with Crippen LogP contribution in [-0.4, -0.2) is 34.0 Å². The van der Waals surface area contributed by atoms with Gasteiger partial charge < -0.3 is 9.30 Å². The van der Waals surface area contributed by atoms with E-state index in [1.807, 2.05) is 0 Å². The van der Waals surface area contributed by atoms with Crippen molar-refractivity contribution in [1.82, 2.24) is 4.57 Å². The zero-order chi connectivity index (χ0) is 22.1. The maximum Gasteiger partial charge on any atom is 0.326 e. The number of aromatic nitrogens is 1. The molecule has 3 aromatic rings. The number of carbonyl (C=O) groups excluding carboxylic acids is 1. The zero-order valence-corrected chi connectivity index (χ0v) is 18.7. The van der Waals surface area contributed by atoms with Gasteiger partial charge in [0.15, 0.2) is 0 Å². The molecule has 13 heteroatoms. The fraction of sp³-hybridized carbons (Fsp3) is 0.176. The number of hydrogen-bond acceptors (Lipinski definition) is 7. The molecule has 3 rings (SSSR count). The number of thiazole rings is 1. The SMILES string of the molecule is CCOC(=O)Cn1/c(=N/S(=O)(=O)c2ccc(Cl)cc2)sc2cc(S(N)(=O)=O)ccc21. The maximum atomic E-state index is 12.7. The fourth-order valence-corrected chi connectivity index (χ4v) is 5.56. The molecule has 0 atom stereocenters. The molecule has 0 saturated carbocycles. The molecule has 1 heterocycles. The molecule has 0 unspecified atom stereocenters. The van der Waals surface area contributed by atoms with Crippen LogP contribution >= 0.6 is 22.9 Å². The molecule has 0 radical (unpaired) electrons. The van der Waals surface area contributed by atoms with Crippen molar-refractivity contribution < 1.29 is 26.4 Å². The van der Waals surface area contributed by atoms with E-state index in [1.54, 1.807) is 6.92 Å². The van der Waals surface area contributed by atoms with Gasteiger partial charge in [0.1, 0.15) is 6.54 Å². The summed E-state index contributed by atoms with van der Waals surface area (Å²) in [5.41, 5.74) is 0.408. The van der Waals surface area contributed by atoms with Crippen molar-refractivity contribution in [2.24, 2.45) is 9.54 Å². The van der Waals surface area contributed by atoms with Crippen molar-refractivity contribution in [3.8, 4) is 0 Å². The Bertz CT molecular complexity index is 1390. The third kappa shape index (κ3) is 4.90. The van der Waals surface area contributed by atoms with E-state index in [1.165, 1.54) is 47.0 Å². The molecule has 0 saturated heterocycles. The lowest BCUT2D eigenvalue weighted by atomic mass is 10.3. The number of fused-ring (bicyclic) bond motifs is 1. The van der Waals surface area contributed by atoms with Gasteiger partial charge in [-0.25, -0.2) is 13.6 Å². The van der Waals surface area contributed by atoms with Crippen LogP contribution in [0.5, 0.6) is 0 Å². The highest BCUT2D eigenvalue weighted by atomic mass is 35.5. The minimum atomic E-state index is -4.13. The highest BCUT2D eigenvalue weighted by Crippen LogP contribution is 2.22. The van der Waals surface area contributed by atoms with Crippen LogP contribution in [0.15, 0.2) is 56.7 Å². The van der Waals surface area contributed by atoms with Crippen molar-refractivity contribution in [3.63, 3.8) is 0 Å². The number of carbonyl (C=O) groups is 1. The quantitative estimate of drug-likeness (QED) is 0.524. The summed E-state index contributed by atoms with van der Waals surface area (Å²) >= 11 is 6.70. The summed E-state index contributed by atoms with van der Waals surface area (Å²) in [5, 5.41) is 5.53. The third-order valence-corrected chi connectivity index (χ3v) is 7.49. The molecule has 160 valence electrons. The molecule has 2 aromatic carbocycles. The van der Waals surface area contributed by atoms with Gasteiger partial charge >= 0.3 is 5.97 Å².